The van der Waals surface area contributed by atoms with Gasteiger partial charge in [-0.3, -0.25) is 14.5 Å². The molecule has 0 aliphatic carbocycles. The van der Waals surface area contributed by atoms with Crippen LogP contribution in [-0.2, 0) is 9.59 Å². The number of benzene rings is 1. The zero-order valence-corrected chi connectivity index (χ0v) is 17.2. The number of likely N-dealkylation sites (N-methyl/N-ethyl adjacent to an activating group) is 1. The van der Waals surface area contributed by atoms with Crippen molar-refractivity contribution in [1.29, 1.82) is 5.26 Å². The van der Waals surface area contributed by atoms with Gasteiger partial charge in [-0.1, -0.05) is 48.8 Å². The van der Waals surface area contributed by atoms with Gasteiger partial charge >= 0.3 is 0 Å². The Bertz CT molecular complexity index is 1030. The van der Waals surface area contributed by atoms with Gasteiger partial charge in [0.25, 0.3) is 11.8 Å². The maximum Gasteiger partial charge on any atom is 0.271 e. The Morgan fingerprint density at radius 2 is 1.66 bits per heavy atom. The van der Waals surface area contributed by atoms with Crippen LogP contribution in [0.4, 0.5) is 0 Å². The van der Waals surface area contributed by atoms with Gasteiger partial charge in [0.2, 0.25) is 7.28 Å². The van der Waals surface area contributed by atoms with Gasteiger partial charge in [0.05, 0.1) is 0 Å². The fourth-order valence-electron chi connectivity index (χ4n) is 2.89. The Kier molecular flexibility index (Phi) is 6.90. The first kappa shape index (κ1) is 21.8. The van der Waals surface area contributed by atoms with Crippen LogP contribution in [0, 0.1) is 11.3 Å². The molecule has 0 unspecified atom stereocenters. The molecule has 2 rings (SSSR count). The Hall–Kier alpha value is -3.46. The van der Waals surface area contributed by atoms with Crippen molar-refractivity contribution in [2.75, 3.05) is 7.05 Å². The molecule has 6 heteroatoms. The molecule has 0 aromatic heterocycles. The standard InChI is InChI=1S/C23H22BN2O3/c1-14(12-19-16(3)20(13-25)23(29)26(5)22(19)28)6-7-15(2)17-8-10-18(11-9-17)21(27)24-4/h6-12H,1-5H3/b14-6+,15-7+,19-12+. The predicted octanol–water partition coefficient (Wildman–Crippen LogP) is 3.69. The van der Waals surface area contributed by atoms with E-state index in [4.69, 9.17) is 0 Å². The first-order valence-corrected chi connectivity index (χ1v) is 9.16. The second kappa shape index (κ2) is 9.16. The predicted molar refractivity (Wildman–Crippen MR) is 114 cm³/mol. The molecule has 29 heavy (non-hydrogen) atoms. The Balaban J connectivity index is 2.32. The van der Waals surface area contributed by atoms with Gasteiger partial charge in [-0.25, -0.2) is 0 Å². The van der Waals surface area contributed by atoms with Crippen molar-refractivity contribution in [3.05, 3.63) is 75.9 Å². The number of carbonyl (C=O) groups is 3. The summed E-state index contributed by atoms with van der Waals surface area (Å²) in [5, 5.41) is 9.22. The second-order valence-corrected chi connectivity index (χ2v) is 6.83. The monoisotopic (exact) mass is 385 g/mol. The SMILES string of the molecule is C[B]C(=O)c1ccc(/C(C)=C/C=C(C)/C=C2/C(=O)N(C)C(=O)C(C#N)=C2C)cc1. The third-order valence-electron chi connectivity index (χ3n) is 4.80. The molecular weight excluding hydrogens is 363 g/mol. The van der Waals surface area contributed by atoms with Crippen LogP contribution in [0.2, 0.25) is 6.82 Å². The lowest BCUT2D eigenvalue weighted by molar-refractivity contribution is -0.138. The first-order chi connectivity index (χ1) is 13.7. The van der Waals surface area contributed by atoms with E-state index in [0.717, 1.165) is 21.6 Å². The van der Waals surface area contributed by atoms with Crippen molar-refractivity contribution in [2.45, 2.75) is 27.6 Å². The topological polar surface area (TPSA) is 78.2 Å². The zero-order chi connectivity index (χ0) is 21.7. The van der Waals surface area contributed by atoms with Gasteiger partial charge in [0.1, 0.15) is 17.3 Å². The van der Waals surface area contributed by atoms with E-state index < -0.39 is 11.8 Å². The number of rotatable bonds is 5. The molecule has 1 aromatic rings. The number of imide groups is 1. The molecule has 2 amide bonds. The molecule has 1 aromatic carbocycles. The van der Waals surface area contributed by atoms with Gasteiger partial charge in [-0.15, -0.1) is 0 Å². The molecule has 1 radical (unpaired) electrons. The molecule has 0 spiro atoms. The van der Waals surface area contributed by atoms with E-state index in [9.17, 15) is 19.6 Å². The van der Waals surface area contributed by atoms with Crippen LogP contribution in [-0.4, -0.2) is 36.7 Å². The highest BCUT2D eigenvalue weighted by Crippen LogP contribution is 2.25. The number of hydrogen-bond donors (Lipinski definition) is 0. The number of nitrogens with zero attached hydrogens (tertiary/aromatic N) is 2. The number of carbonyl (C=O) groups excluding carboxylic acids is 3. The summed E-state index contributed by atoms with van der Waals surface area (Å²) in [7, 11) is 2.90. The number of allylic oxidation sites excluding steroid dienone is 5. The minimum absolute atomic E-state index is 0.0127. The summed E-state index contributed by atoms with van der Waals surface area (Å²) in [4.78, 5) is 37.1. The van der Waals surface area contributed by atoms with E-state index in [1.54, 1.807) is 32.0 Å². The lowest BCUT2D eigenvalue weighted by atomic mass is 9.73. The van der Waals surface area contributed by atoms with Crippen molar-refractivity contribution in [2.24, 2.45) is 0 Å². The Labute approximate surface area is 171 Å². The summed E-state index contributed by atoms with van der Waals surface area (Å²) in [6.07, 6.45) is 5.46. The minimum Gasteiger partial charge on any atom is -0.307 e. The van der Waals surface area contributed by atoms with E-state index >= 15 is 0 Å². The van der Waals surface area contributed by atoms with Crippen LogP contribution in [0.3, 0.4) is 0 Å². The summed E-state index contributed by atoms with van der Waals surface area (Å²) in [6.45, 7) is 7.12. The normalized spacial score (nSPS) is 17.0. The molecule has 0 N–H and O–H groups in total. The van der Waals surface area contributed by atoms with Crippen molar-refractivity contribution >= 4 is 30.3 Å². The molecule has 5 nitrogen and oxygen atoms in total. The maximum atomic E-state index is 12.4. The fourth-order valence-corrected chi connectivity index (χ4v) is 2.89. The average Bonchev–Trinajstić information content (AvgIpc) is 2.73. The van der Waals surface area contributed by atoms with Crippen LogP contribution in [0.5, 0.6) is 0 Å². The molecule has 0 fully saturated rings. The molecule has 0 saturated carbocycles. The highest BCUT2D eigenvalue weighted by atomic mass is 16.2. The van der Waals surface area contributed by atoms with Gasteiger partial charge < -0.3 is 4.79 Å². The molecule has 1 heterocycles. The summed E-state index contributed by atoms with van der Waals surface area (Å²) in [5.41, 5.74) is 4.12. The van der Waals surface area contributed by atoms with Crippen molar-refractivity contribution < 1.29 is 14.4 Å². The summed E-state index contributed by atoms with van der Waals surface area (Å²) in [5.74, 6) is -1.000. The largest absolute Gasteiger partial charge is 0.307 e. The van der Waals surface area contributed by atoms with Crippen LogP contribution in [0.25, 0.3) is 5.57 Å². The van der Waals surface area contributed by atoms with E-state index in [1.165, 1.54) is 14.3 Å². The summed E-state index contributed by atoms with van der Waals surface area (Å²) >= 11 is 0. The molecule has 0 atom stereocenters. The molecule has 145 valence electrons. The Morgan fingerprint density at radius 3 is 2.21 bits per heavy atom. The third kappa shape index (κ3) is 4.70. The van der Waals surface area contributed by atoms with E-state index in [-0.39, 0.29) is 11.3 Å². The van der Waals surface area contributed by atoms with Crippen LogP contribution >= 0.6 is 0 Å². The second-order valence-electron chi connectivity index (χ2n) is 6.83. The van der Waals surface area contributed by atoms with Gasteiger partial charge in [-0.05, 0) is 43.6 Å². The Morgan fingerprint density at radius 1 is 1.07 bits per heavy atom. The van der Waals surface area contributed by atoms with Crippen LogP contribution in [0.15, 0.2) is 64.8 Å². The molecule has 0 bridgehead atoms. The molecular formula is C23H22BN2O3. The van der Waals surface area contributed by atoms with Crippen molar-refractivity contribution in [3.8, 4) is 6.07 Å². The van der Waals surface area contributed by atoms with Crippen LogP contribution < -0.4 is 0 Å². The van der Waals surface area contributed by atoms with E-state index in [1.807, 2.05) is 44.2 Å². The smallest absolute Gasteiger partial charge is 0.271 e. The lowest BCUT2D eigenvalue weighted by Crippen LogP contribution is -2.39. The lowest BCUT2D eigenvalue weighted by Gasteiger charge is -2.23. The number of amides is 2. The average molecular weight is 385 g/mol. The third-order valence-corrected chi connectivity index (χ3v) is 4.80. The molecule has 0 saturated heterocycles. The van der Waals surface area contributed by atoms with E-state index in [0.29, 0.717) is 16.7 Å². The minimum atomic E-state index is -0.577. The summed E-state index contributed by atoms with van der Waals surface area (Å²) in [6, 6.07) is 9.25. The highest BCUT2D eigenvalue weighted by Gasteiger charge is 2.32. The molecule has 1 aliphatic rings. The van der Waals surface area contributed by atoms with Crippen molar-refractivity contribution in [1.82, 2.24) is 4.90 Å². The van der Waals surface area contributed by atoms with Gasteiger partial charge in [0, 0.05) is 18.2 Å². The van der Waals surface area contributed by atoms with Crippen molar-refractivity contribution in [3.63, 3.8) is 0 Å². The fraction of sp³-hybridized carbons (Fsp3) is 0.217. The van der Waals surface area contributed by atoms with Crippen LogP contribution in [0.1, 0.15) is 36.7 Å². The van der Waals surface area contributed by atoms with E-state index in [2.05, 4.69) is 0 Å². The maximum absolute atomic E-state index is 12.4. The first-order valence-electron chi connectivity index (χ1n) is 9.16. The van der Waals surface area contributed by atoms with Gasteiger partial charge in [0.15, 0.2) is 0 Å². The molecule has 1 aliphatic heterocycles. The summed E-state index contributed by atoms with van der Waals surface area (Å²) < 4.78 is 0. The highest BCUT2D eigenvalue weighted by molar-refractivity contribution is 6.76. The number of hydrogen-bond acceptors (Lipinski definition) is 4. The number of nitriles is 1. The quantitative estimate of drug-likeness (QED) is 0.335. The van der Waals surface area contributed by atoms with Gasteiger partial charge in [-0.2, -0.15) is 5.26 Å². The zero-order valence-electron chi connectivity index (χ0n) is 17.2.